The van der Waals surface area contributed by atoms with Gasteiger partial charge in [0.2, 0.25) is 0 Å². The molecule has 9 heteroatoms. The fraction of sp³-hybridized carbons (Fsp3) is 0.333. The van der Waals surface area contributed by atoms with E-state index in [1.165, 1.54) is 4.90 Å². The Hall–Kier alpha value is -1.42. The number of hydrogen-bond donors (Lipinski definition) is 1. The molecule has 2 heterocycles. The molecule has 0 bridgehead atoms. The summed E-state index contributed by atoms with van der Waals surface area (Å²) in [6.07, 6.45) is 2.71. The molecule has 0 spiro atoms. The van der Waals surface area contributed by atoms with E-state index in [-0.39, 0.29) is 22.9 Å². The highest BCUT2D eigenvalue weighted by Gasteiger charge is 2.32. The first-order valence-electron chi connectivity index (χ1n) is 7.23. The van der Waals surface area contributed by atoms with Gasteiger partial charge in [0.05, 0.1) is 10.7 Å². The predicted molar refractivity (Wildman–Crippen MR) is 96.5 cm³/mol. The molecule has 1 amide bonds. The number of rotatable bonds is 4. The van der Waals surface area contributed by atoms with Gasteiger partial charge in [0.1, 0.15) is 16.2 Å². The largest absolute Gasteiger partial charge is 0.490 e. The summed E-state index contributed by atoms with van der Waals surface area (Å²) in [6.45, 7) is 1.84. The average molecular weight is 385 g/mol. The lowest BCUT2D eigenvalue weighted by atomic mass is 10.1. The van der Waals surface area contributed by atoms with Crippen LogP contribution in [-0.2, 0) is 21.3 Å². The molecule has 0 aromatic heterocycles. The lowest BCUT2D eigenvalue weighted by molar-refractivity contribution is -0.121. The second-order valence-corrected chi connectivity index (χ2v) is 8.87. The zero-order valence-corrected chi connectivity index (χ0v) is 15.2. The van der Waals surface area contributed by atoms with E-state index < -0.39 is 15.9 Å². The summed E-state index contributed by atoms with van der Waals surface area (Å²) in [5.74, 6) is -0.0278. The molecule has 1 atom stereocenters. The Bertz CT molecular complexity index is 847. The van der Waals surface area contributed by atoms with Crippen LogP contribution in [0.4, 0.5) is 0 Å². The monoisotopic (exact) mass is 385 g/mol. The molecule has 0 saturated carbocycles. The maximum Gasteiger partial charge on any atom is 0.266 e. The fourth-order valence-electron chi connectivity index (χ4n) is 2.58. The number of hydrogen-bond acceptors (Lipinski definition) is 6. The number of thioether (sulfide) groups is 1. The molecule has 1 N–H and O–H groups in total. The molecule has 2 aliphatic heterocycles. The van der Waals surface area contributed by atoms with E-state index in [0.717, 1.165) is 35.1 Å². The van der Waals surface area contributed by atoms with Gasteiger partial charge in [0, 0.05) is 13.0 Å². The van der Waals surface area contributed by atoms with Crippen LogP contribution in [0.3, 0.4) is 0 Å². The predicted octanol–water partition coefficient (Wildman–Crippen LogP) is 2.10. The van der Waals surface area contributed by atoms with E-state index in [0.29, 0.717) is 4.91 Å². The molecule has 6 nitrogen and oxygen atoms in total. The topological polar surface area (TPSA) is 83.9 Å². The van der Waals surface area contributed by atoms with Crippen molar-refractivity contribution in [2.24, 2.45) is 0 Å². The molecule has 24 heavy (non-hydrogen) atoms. The van der Waals surface area contributed by atoms with Gasteiger partial charge < -0.3 is 4.74 Å². The first-order valence-corrected chi connectivity index (χ1v) is 10.1. The third kappa shape index (κ3) is 3.80. The smallest absolute Gasteiger partial charge is 0.266 e. The van der Waals surface area contributed by atoms with Crippen LogP contribution in [0.25, 0.3) is 6.08 Å². The SMILES string of the molecule is CC1Cc2cc(/C=C3\SC(=S)N(CCS(=O)(=O)O)C3=O)ccc2O1. The van der Waals surface area contributed by atoms with Crippen LogP contribution in [0, 0.1) is 0 Å². The van der Waals surface area contributed by atoms with Crippen LogP contribution in [0.1, 0.15) is 18.1 Å². The second-order valence-electron chi connectivity index (χ2n) is 5.62. The van der Waals surface area contributed by atoms with Crippen LogP contribution in [0.5, 0.6) is 5.75 Å². The molecule has 1 saturated heterocycles. The van der Waals surface area contributed by atoms with Crippen molar-refractivity contribution in [1.82, 2.24) is 4.90 Å². The highest BCUT2D eigenvalue weighted by molar-refractivity contribution is 8.26. The number of carbonyl (C=O) groups is 1. The summed E-state index contributed by atoms with van der Waals surface area (Å²) in [5, 5.41) is 0. The molecule has 1 aromatic carbocycles. The van der Waals surface area contributed by atoms with Gasteiger partial charge in [0.15, 0.2) is 0 Å². The quantitative estimate of drug-likeness (QED) is 0.483. The summed E-state index contributed by atoms with van der Waals surface area (Å²) in [5.41, 5.74) is 1.96. The minimum Gasteiger partial charge on any atom is -0.490 e. The summed E-state index contributed by atoms with van der Waals surface area (Å²) in [7, 11) is -4.14. The Morgan fingerprint density at radius 3 is 2.96 bits per heavy atom. The van der Waals surface area contributed by atoms with Gasteiger partial charge in [-0.2, -0.15) is 8.42 Å². The van der Waals surface area contributed by atoms with Gasteiger partial charge in [-0.25, -0.2) is 0 Å². The third-order valence-electron chi connectivity index (χ3n) is 3.66. The molecular weight excluding hydrogens is 370 g/mol. The fourth-order valence-corrected chi connectivity index (χ4v) is 4.30. The van der Waals surface area contributed by atoms with Gasteiger partial charge >= 0.3 is 0 Å². The Labute approximate surface area is 149 Å². The molecule has 128 valence electrons. The summed E-state index contributed by atoms with van der Waals surface area (Å²) >= 11 is 6.25. The van der Waals surface area contributed by atoms with Crippen LogP contribution >= 0.6 is 24.0 Å². The first kappa shape index (κ1) is 17.4. The normalized spacial score (nSPS) is 22.2. The Kier molecular flexibility index (Phi) is 4.69. The van der Waals surface area contributed by atoms with Gasteiger partial charge in [-0.3, -0.25) is 14.2 Å². The van der Waals surface area contributed by atoms with Crippen molar-refractivity contribution in [3.63, 3.8) is 0 Å². The number of benzene rings is 1. The zero-order valence-electron chi connectivity index (χ0n) is 12.8. The molecular formula is C15H15NO5S3. The number of fused-ring (bicyclic) bond motifs is 1. The van der Waals surface area contributed by atoms with Crippen LogP contribution in [0.2, 0.25) is 0 Å². The number of ether oxygens (including phenoxy) is 1. The molecule has 1 unspecified atom stereocenters. The van der Waals surface area contributed by atoms with E-state index in [2.05, 4.69) is 0 Å². The van der Waals surface area contributed by atoms with Crippen molar-refractivity contribution in [3.8, 4) is 5.75 Å². The highest BCUT2D eigenvalue weighted by atomic mass is 32.2. The molecule has 2 aliphatic rings. The van der Waals surface area contributed by atoms with E-state index in [9.17, 15) is 13.2 Å². The van der Waals surface area contributed by atoms with Crippen LogP contribution in [0.15, 0.2) is 23.1 Å². The molecule has 1 fully saturated rings. The van der Waals surface area contributed by atoms with Crippen molar-refractivity contribution in [2.75, 3.05) is 12.3 Å². The van der Waals surface area contributed by atoms with E-state index in [1.807, 2.05) is 25.1 Å². The number of carbonyl (C=O) groups excluding carboxylic acids is 1. The van der Waals surface area contributed by atoms with E-state index in [4.69, 9.17) is 21.5 Å². The third-order valence-corrected chi connectivity index (χ3v) is 5.74. The first-order chi connectivity index (χ1) is 11.2. The molecule has 3 rings (SSSR count). The van der Waals surface area contributed by atoms with E-state index >= 15 is 0 Å². The summed E-state index contributed by atoms with van der Waals surface area (Å²) < 4.78 is 36.5. The van der Waals surface area contributed by atoms with Gasteiger partial charge in [-0.05, 0) is 36.3 Å². The van der Waals surface area contributed by atoms with E-state index in [1.54, 1.807) is 6.08 Å². The zero-order chi connectivity index (χ0) is 17.5. The van der Waals surface area contributed by atoms with Crippen molar-refractivity contribution >= 4 is 50.4 Å². The maximum atomic E-state index is 12.4. The van der Waals surface area contributed by atoms with Crippen molar-refractivity contribution in [2.45, 2.75) is 19.4 Å². The van der Waals surface area contributed by atoms with Gasteiger partial charge in [0.25, 0.3) is 16.0 Å². The number of amides is 1. The van der Waals surface area contributed by atoms with Gasteiger partial charge in [-0.1, -0.05) is 30.0 Å². The Balaban J connectivity index is 1.78. The lowest BCUT2D eigenvalue weighted by Gasteiger charge is -2.12. The van der Waals surface area contributed by atoms with Crippen LogP contribution < -0.4 is 4.74 Å². The standard InChI is InChI=1S/C15H15NO5S3/c1-9-6-11-7-10(2-3-12(11)21-9)8-13-14(17)16(15(22)23-13)4-5-24(18,19)20/h2-3,7-9H,4-6H2,1H3,(H,18,19,20)/b13-8-. The second kappa shape index (κ2) is 6.47. The highest BCUT2D eigenvalue weighted by Crippen LogP contribution is 2.34. The Morgan fingerprint density at radius 2 is 2.25 bits per heavy atom. The lowest BCUT2D eigenvalue weighted by Crippen LogP contribution is -2.32. The number of thiocarbonyl (C=S) groups is 1. The molecule has 1 aromatic rings. The minimum absolute atomic E-state index is 0.147. The number of nitrogens with zero attached hydrogens (tertiary/aromatic N) is 1. The summed E-state index contributed by atoms with van der Waals surface area (Å²) in [4.78, 5) is 14.0. The average Bonchev–Trinajstić information content (AvgIpc) is 2.96. The van der Waals surface area contributed by atoms with Crippen molar-refractivity contribution in [1.29, 1.82) is 0 Å². The van der Waals surface area contributed by atoms with Crippen molar-refractivity contribution in [3.05, 3.63) is 34.2 Å². The minimum atomic E-state index is -4.14. The van der Waals surface area contributed by atoms with Gasteiger partial charge in [-0.15, -0.1) is 0 Å². The summed E-state index contributed by atoms with van der Waals surface area (Å²) in [6, 6.07) is 5.72. The molecule has 0 radical (unpaired) electrons. The van der Waals surface area contributed by atoms with Crippen molar-refractivity contribution < 1.29 is 22.5 Å². The van der Waals surface area contributed by atoms with Crippen LogP contribution in [-0.4, -0.2) is 46.5 Å². The maximum absolute atomic E-state index is 12.4. The Morgan fingerprint density at radius 1 is 1.50 bits per heavy atom. The molecule has 0 aliphatic carbocycles.